The van der Waals surface area contributed by atoms with E-state index in [4.69, 9.17) is 0 Å². The fraction of sp³-hybridized carbons (Fsp3) is 0.750. The third-order valence-electron chi connectivity index (χ3n) is 5.23. The summed E-state index contributed by atoms with van der Waals surface area (Å²) < 4.78 is 3.62. The summed E-state index contributed by atoms with van der Waals surface area (Å²) in [6, 6.07) is 0.432. The topological polar surface area (TPSA) is 48.1 Å². The predicted octanol–water partition coefficient (Wildman–Crippen LogP) is 2.04. The van der Waals surface area contributed by atoms with Crippen molar-refractivity contribution in [3.8, 4) is 0 Å². The molecule has 4 heterocycles. The summed E-state index contributed by atoms with van der Waals surface area (Å²) in [5.41, 5.74) is 1.43. The van der Waals surface area contributed by atoms with Gasteiger partial charge >= 0.3 is 0 Å². The monoisotopic (exact) mass is 402 g/mol. The minimum atomic E-state index is 0.269. The van der Waals surface area contributed by atoms with Crippen molar-refractivity contribution in [2.24, 2.45) is 5.92 Å². The average molecular weight is 403 g/mol. The normalized spacial score (nSPS) is 40.7. The van der Waals surface area contributed by atoms with Gasteiger partial charge in [-0.05, 0) is 47.9 Å². The van der Waals surface area contributed by atoms with Crippen molar-refractivity contribution in [3.05, 3.63) is 23.3 Å². The molecule has 4 nitrogen and oxygen atoms in total. The Kier molecular flexibility index (Phi) is 6.36. The van der Waals surface area contributed by atoms with Crippen molar-refractivity contribution in [2.45, 2.75) is 22.5 Å². The third-order valence-corrected chi connectivity index (χ3v) is 10.1. The summed E-state index contributed by atoms with van der Waals surface area (Å²) in [7, 11) is 0. The van der Waals surface area contributed by atoms with E-state index in [0.29, 0.717) is 17.2 Å². The molecule has 4 N–H and O–H groups in total. The maximum absolute atomic E-state index is 3.91. The molecule has 134 valence electrons. The molecule has 4 aliphatic heterocycles. The standard InChI is InChI=1S/C16H26N4S4/c1-3-17-11-22-14(1)16(13-8-18-10-21-9-13)15(19-4-6-23-16)12-2-5-24-20-7-12/h2,5,7,13-15,17-20H,1,3-4,6,8-11H2. The predicted molar refractivity (Wildman–Crippen MR) is 113 cm³/mol. The fourth-order valence-electron chi connectivity index (χ4n) is 4.19. The van der Waals surface area contributed by atoms with E-state index in [1.54, 1.807) is 11.9 Å². The van der Waals surface area contributed by atoms with Gasteiger partial charge in [-0.3, -0.25) is 0 Å². The van der Waals surface area contributed by atoms with Crippen LogP contribution in [0.25, 0.3) is 0 Å². The zero-order valence-corrected chi connectivity index (χ0v) is 17.0. The lowest BCUT2D eigenvalue weighted by Crippen LogP contribution is -2.66. The van der Waals surface area contributed by atoms with E-state index in [2.05, 4.69) is 73.6 Å². The Labute approximate surface area is 162 Å². The molecule has 24 heavy (non-hydrogen) atoms. The van der Waals surface area contributed by atoms with Crippen molar-refractivity contribution in [1.82, 2.24) is 20.7 Å². The minimum absolute atomic E-state index is 0.269. The van der Waals surface area contributed by atoms with E-state index in [9.17, 15) is 0 Å². The Bertz CT molecular complexity index is 468. The molecular formula is C16H26N4S4. The first kappa shape index (κ1) is 17.9. The molecule has 0 aromatic rings. The highest BCUT2D eigenvalue weighted by Crippen LogP contribution is 2.51. The third kappa shape index (κ3) is 3.52. The molecule has 0 bridgehead atoms. The molecule has 0 aromatic carbocycles. The maximum atomic E-state index is 3.91. The van der Waals surface area contributed by atoms with Gasteiger partial charge in [0.1, 0.15) is 0 Å². The lowest BCUT2D eigenvalue weighted by atomic mass is 9.78. The maximum Gasteiger partial charge on any atom is 0.0522 e. The molecule has 0 radical (unpaired) electrons. The summed E-state index contributed by atoms with van der Waals surface area (Å²) in [6.45, 7) is 3.42. The van der Waals surface area contributed by atoms with Gasteiger partial charge in [0, 0.05) is 53.8 Å². The molecule has 3 saturated heterocycles. The van der Waals surface area contributed by atoms with Gasteiger partial charge in [-0.2, -0.15) is 11.8 Å². The molecule has 3 fully saturated rings. The Hall–Kier alpha value is 0.560. The fourth-order valence-corrected chi connectivity index (χ4v) is 9.27. The highest BCUT2D eigenvalue weighted by Gasteiger charge is 2.54. The zero-order valence-electron chi connectivity index (χ0n) is 13.8. The summed E-state index contributed by atoms with van der Waals surface area (Å²) >= 11 is 8.13. The first-order valence-corrected chi connectivity index (χ1v) is 12.7. The molecule has 0 spiro atoms. The number of rotatable bonds is 3. The van der Waals surface area contributed by atoms with Crippen LogP contribution < -0.4 is 20.7 Å². The van der Waals surface area contributed by atoms with Crippen molar-refractivity contribution in [1.29, 1.82) is 0 Å². The molecule has 4 rings (SSSR count). The van der Waals surface area contributed by atoms with Gasteiger partial charge in [-0.25, -0.2) is 0 Å². The minimum Gasteiger partial charge on any atom is -0.333 e. The lowest BCUT2D eigenvalue weighted by Gasteiger charge is -2.55. The Morgan fingerprint density at radius 1 is 1.17 bits per heavy atom. The van der Waals surface area contributed by atoms with E-state index >= 15 is 0 Å². The van der Waals surface area contributed by atoms with Crippen LogP contribution in [0.1, 0.15) is 6.42 Å². The molecule has 4 atom stereocenters. The van der Waals surface area contributed by atoms with Gasteiger partial charge in [0.2, 0.25) is 0 Å². The molecule has 0 aromatic heterocycles. The van der Waals surface area contributed by atoms with Crippen LogP contribution in [0.3, 0.4) is 0 Å². The molecule has 0 saturated carbocycles. The zero-order chi connectivity index (χ0) is 16.2. The Morgan fingerprint density at radius 3 is 2.92 bits per heavy atom. The van der Waals surface area contributed by atoms with Gasteiger partial charge in [0.05, 0.1) is 4.75 Å². The number of hydrogen-bond donors (Lipinski definition) is 4. The summed E-state index contributed by atoms with van der Waals surface area (Å²) in [4.78, 5) is 0. The quantitative estimate of drug-likeness (QED) is 0.535. The summed E-state index contributed by atoms with van der Waals surface area (Å²) in [5.74, 6) is 5.41. The van der Waals surface area contributed by atoms with Crippen LogP contribution in [0.2, 0.25) is 0 Å². The van der Waals surface area contributed by atoms with E-state index in [0.717, 1.165) is 31.4 Å². The Balaban J connectivity index is 1.70. The summed E-state index contributed by atoms with van der Waals surface area (Å²) in [6.07, 6.45) is 5.81. The van der Waals surface area contributed by atoms with Crippen molar-refractivity contribution in [2.75, 3.05) is 42.9 Å². The SMILES string of the molecule is C1=CC(C2NCCSC2(C2CNCSC2)C2CCNCS2)=CNS1. The van der Waals surface area contributed by atoms with Crippen LogP contribution >= 0.6 is 47.2 Å². The second kappa shape index (κ2) is 8.50. The summed E-state index contributed by atoms with van der Waals surface area (Å²) in [5, 5.41) is 14.0. The van der Waals surface area contributed by atoms with Gasteiger partial charge in [-0.1, -0.05) is 0 Å². The van der Waals surface area contributed by atoms with Crippen molar-refractivity contribution >= 4 is 47.2 Å². The molecule has 0 aliphatic carbocycles. The lowest BCUT2D eigenvalue weighted by molar-refractivity contribution is 0.299. The van der Waals surface area contributed by atoms with E-state index in [1.165, 1.54) is 23.5 Å². The number of hydrogen-bond acceptors (Lipinski definition) is 8. The van der Waals surface area contributed by atoms with E-state index in [-0.39, 0.29) is 4.75 Å². The average Bonchev–Trinajstić information content (AvgIpc) is 2.70. The second-order valence-electron chi connectivity index (χ2n) is 6.53. The smallest absolute Gasteiger partial charge is 0.0522 e. The van der Waals surface area contributed by atoms with E-state index < -0.39 is 0 Å². The highest BCUT2D eigenvalue weighted by atomic mass is 32.2. The number of nitrogens with one attached hydrogen (secondary N) is 4. The van der Waals surface area contributed by atoms with Gasteiger partial charge < -0.3 is 20.7 Å². The first-order valence-electron chi connectivity index (χ1n) is 8.67. The van der Waals surface area contributed by atoms with Crippen LogP contribution in [0.5, 0.6) is 0 Å². The Morgan fingerprint density at radius 2 is 2.17 bits per heavy atom. The largest absolute Gasteiger partial charge is 0.333 e. The van der Waals surface area contributed by atoms with Crippen LogP contribution in [-0.2, 0) is 0 Å². The van der Waals surface area contributed by atoms with Crippen LogP contribution in [-0.4, -0.2) is 58.9 Å². The first-order chi connectivity index (χ1) is 11.9. The molecule has 0 amide bonds. The van der Waals surface area contributed by atoms with Crippen LogP contribution in [0.15, 0.2) is 23.3 Å². The van der Waals surface area contributed by atoms with Gasteiger partial charge in [-0.15, -0.1) is 23.5 Å². The van der Waals surface area contributed by atoms with Gasteiger partial charge in [0.15, 0.2) is 0 Å². The highest BCUT2D eigenvalue weighted by molar-refractivity contribution is 8.04. The van der Waals surface area contributed by atoms with Gasteiger partial charge in [0.25, 0.3) is 0 Å². The molecule has 4 unspecified atom stereocenters. The molecular weight excluding hydrogens is 376 g/mol. The molecule has 4 aliphatic rings. The van der Waals surface area contributed by atoms with Crippen LogP contribution in [0, 0.1) is 5.92 Å². The second-order valence-corrected chi connectivity index (χ2v) is 10.9. The molecule has 8 heteroatoms. The van der Waals surface area contributed by atoms with Crippen LogP contribution in [0.4, 0.5) is 0 Å². The van der Waals surface area contributed by atoms with Crippen molar-refractivity contribution in [3.63, 3.8) is 0 Å². The van der Waals surface area contributed by atoms with E-state index in [1.807, 2.05) is 0 Å². The number of thioether (sulfide) groups is 3. The van der Waals surface area contributed by atoms with Crippen molar-refractivity contribution < 1.29 is 0 Å².